The van der Waals surface area contributed by atoms with Crippen LogP contribution in [-0.2, 0) is 6.54 Å². The third-order valence-corrected chi connectivity index (χ3v) is 4.30. The van der Waals surface area contributed by atoms with Crippen molar-refractivity contribution in [3.8, 4) is 0 Å². The molecule has 2 heterocycles. The molecule has 0 spiro atoms. The molecule has 1 aromatic rings. The molecule has 1 aliphatic rings. The van der Waals surface area contributed by atoms with Gasteiger partial charge in [-0.05, 0) is 58.6 Å². The Balaban J connectivity index is 2.05. The van der Waals surface area contributed by atoms with Crippen molar-refractivity contribution in [1.29, 1.82) is 0 Å². The lowest BCUT2D eigenvalue weighted by Gasteiger charge is -2.40. The summed E-state index contributed by atoms with van der Waals surface area (Å²) in [6.45, 7) is 3.86. The van der Waals surface area contributed by atoms with Crippen molar-refractivity contribution < 1.29 is 4.42 Å². The molecule has 0 aliphatic carbocycles. The highest BCUT2D eigenvalue weighted by atomic mass is 16.3. The summed E-state index contributed by atoms with van der Waals surface area (Å²) >= 11 is 0. The number of hydrogen-bond donors (Lipinski definition) is 1. The Morgan fingerprint density at radius 2 is 2.28 bits per heavy atom. The first-order valence-corrected chi connectivity index (χ1v) is 6.78. The average molecular weight is 251 g/mol. The van der Waals surface area contributed by atoms with Gasteiger partial charge < -0.3 is 15.1 Å². The van der Waals surface area contributed by atoms with Crippen LogP contribution in [0.3, 0.4) is 0 Å². The molecule has 1 saturated heterocycles. The van der Waals surface area contributed by atoms with Crippen LogP contribution in [0.1, 0.15) is 25.0 Å². The maximum absolute atomic E-state index is 6.09. The van der Waals surface area contributed by atoms with Crippen LogP contribution in [-0.4, -0.2) is 49.1 Å². The highest BCUT2D eigenvalue weighted by molar-refractivity contribution is 5.01. The standard InChI is InChI=1S/C14H25N3O/c1-16-8-4-6-14(12-15,7-9-16)17(2)11-13-5-3-10-18-13/h3,5,10H,4,6-9,11-12,15H2,1-2H3. The first-order chi connectivity index (χ1) is 8.66. The lowest BCUT2D eigenvalue weighted by atomic mass is 9.88. The fraction of sp³-hybridized carbons (Fsp3) is 0.714. The van der Waals surface area contributed by atoms with Gasteiger partial charge in [0.25, 0.3) is 0 Å². The smallest absolute Gasteiger partial charge is 0.117 e. The quantitative estimate of drug-likeness (QED) is 0.881. The second-order valence-electron chi connectivity index (χ2n) is 5.52. The van der Waals surface area contributed by atoms with Gasteiger partial charge >= 0.3 is 0 Å². The Morgan fingerprint density at radius 1 is 1.44 bits per heavy atom. The van der Waals surface area contributed by atoms with Gasteiger partial charge in [-0.25, -0.2) is 0 Å². The maximum Gasteiger partial charge on any atom is 0.117 e. The predicted octanol–water partition coefficient (Wildman–Crippen LogP) is 1.52. The van der Waals surface area contributed by atoms with Crippen molar-refractivity contribution in [3.63, 3.8) is 0 Å². The summed E-state index contributed by atoms with van der Waals surface area (Å²) in [5.41, 5.74) is 6.21. The van der Waals surface area contributed by atoms with E-state index in [1.54, 1.807) is 6.26 Å². The zero-order valence-electron chi connectivity index (χ0n) is 11.6. The maximum atomic E-state index is 6.09. The molecular weight excluding hydrogens is 226 g/mol. The highest BCUT2D eigenvalue weighted by Crippen LogP contribution is 2.28. The molecule has 1 fully saturated rings. The largest absolute Gasteiger partial charge is 0.468 e. The van der Waals surface area contributed by atoms with Crippen LogP contribution in [0.5, 0.6) is 0 Å². The topological polar surface area (TPSA) is 45.6 Å². The first kappa shape index (κ1) is 13.6. The van der Waals surface area contributed by atoms with E-state index in [1.165, 1.54) is 19.4 Å². The van der Waals surface area contributed by atoms with Gasteiger partial charge in [0, 0.05) is 12.1 Å². The van der Waals surface area contributed by atoms with Crippen molar-refractivity contribution >= 4 is 0 Å². The number of rotatable bonds is 4. The van der Waals surface area contributed by atoms with Gasteiger partial charge in [-0.3, -0.25) is 4.90 Å². The first-order valence-electron chi connectivity index (χ1n) is 6.78. The molecule has 1 unspecified atom stereocenters. The molecule has 1 atom stereocenters. The second kappa shape index (κ2) is 5.87. The van der Waals surface area contributed by atoms with Gasteiger partial charge in [0.05, 0.1) is 12.8 Å². The Hall–Kier alpha value is -0.840. The Bertz CT molecular complexity index is 352. The zero-order valence-corrected chi connectivity index (χ0v) is 11.6. The van der Waals surface area contributed by atoms with Crippen molar-refractivity contribution in [3.05, 3.63) is 24.2 Å². The van der Waals surface area contributed by atoms with E-state index >= 15 is 0 Å². The van der Waals surface area contributed by atoms with Gasteiger partial charge in [-0.2, -0.15) is 0 Å². The van der Waals surface area contributed by atoms with Crippen LogP contribution in [0.2, 0.25) is 0 Å². The number of furan rings is 1. The van der Waals surface area contributed by atoms with Crippen LogP contribution in [0.4, 0.5) is 0 Å². The third kappa shape index (κ3) is 2.94. The van der Waals surface area contributed by atoms with Crippen LogP contribution in [0.15, 0.2) is 22.8 Å². The van der Waals surface area contributed by atoms with E-state index in [1.807, 2.05) is 12.1 Å². The Kier molecular flexibility index (Phi) is 4.43. The molecule has 4 heteroatoms. The highest BCUT2D eigenvalue weighted by Gasteiger charge is 2.34. The molecule has 0 radical (unpaired) electrons. The molecule has 0 saturated carbocycles. The van der Waals surface area contributed by atoms with Crippen molar-refractivity contribution in [2.45, 2.75) is 31.3 Å². The minimum absolute atomic E-state index is 0.123. The molecule has 2 N–H and O–H groups in total. The molecule has 1 aliphatic heterocycles. The van der Waals surface area contributed by atoms with E-state index in [-0.39, 0.29) is 5.54 Å². The summed E-state index contributed by atoms with van der Waals surface area (Å²) < 4.78 is 5.44. The number of likely N-dealkylation sites (N-methyl/N-ethyl adjacent to an activating group) is 1. The van der Waals surface area contributed by atoms with Gasteiger partial charge in [0.15, 0.2) is 0 Å². The van der Waals surface area contributed by atoms with Crippen LogP contribution in [0, 0.1) is 0 Å². The molecule has 1 aromatic heterocycles. The van der Waals surface area contributed by atoms with Crippen LogP contribution in [0.25, 0.3) is 0 Å². The number of likely N-dealkylation sites (tertiary alicyclic amines) is 1. The molecule has 4 nitrogen and oxygen atoms in total. The molecule has 0 aromatic carbocycles. The van der Waals surface area contributed by atoms with E-state index in [2.05, 4.69) is 23.9 Å². The van der Waals surface area contributed by atoms with E-state index in [0.29, 0.717) is 0 Å². The second-order valence-corrected chi connectivity index (χ2v) is 5.52. The summed E-state index contributed by atoms with van der Waals surface area (Å²) in [7, 11) is 4.36. The average Bonchev–Trinajstić information content (AvgIpc) is 2.78. The van der Waals surface area contributed by atoms with Crippen molar-refractivity contribution in [2.75, 3.05) is 33.7 Å². The Labute approximate surface area is 110 Å². The molecule has 102 valence electrons. The molecular formula is C14H25N3O. The van der Waals surface area contributed by atoms with Gasteiger partial charge in [-0.15, -0.1) is 0 Å². The van der Waals surface area contributed by atoms with E-state index in [0.717, 1.165) is 31.8 Å². The molecule has 0 amide bonds. The number of hydrogen-bond acceptors (Lipinski definition) is 4. The predicted molar refractivity (Wildman–Crippen MR) is 73.3 cm³/mol. The minimum atomic E-state index is 0.123. The summed E-state index contributed by atoms with van der Waals surface area (Å²) in [5.74, 6) is 1.02. The zero-order chi connectivity index (χ0) is 13.0. The fourth-order valence-corrected chi connectivity index (χ4v) is 2.86. The van der Waals surface area contributed by atoms with Crippen molar-refractivity contribution in [1.82, 2.24) is 9.80 Å². The van der Waals surface area contributed by atoms with E-state index in [9.17, 15) is 0 Å². The van der Waals surface area contributed by atoms with E-state index < -0.39 is 0 Å². The normalized spacial score (nSPS) is 26.4. The fourth-order valence-electron chi connectivity index (χ4n) is 2.86. The third-order valence-electron chi connectivity index (χ3n) is 4.30. The van der Waals surface area contributed by atoms with Crippen LogP contribution >= 0.6 is 0 Å². The van der Waals surface area contributed by atoms with Crippen molar-refractivity contribution in [2.24, 2.45) is 5.73 Å². The molecule has 18 heavy (non-hydrogen) atoms. The van der Waals surface area contributed by atoms with Crippen LogP contribution < -0.4 is 5.73 Å². The van der Waals surface area contributed by atoms with Gasteiger partial charge in [-0.1, -0.05) is 0 Å². The Morgan fingerprint density at radius 3 is 2.94 bits per heavy atom. The number of nitrogens with two attached hydrogens (primary N) is 1. The SMILES string of the molecule is CN1CCCC(CN)(N(C)Cc2ccco2)CC1. The summed E-state index contributed by atoms with van der Waals surface area (Å²) in [4.78, 5) is 4.78. The molecule has 2 rings (SSSR count). The lowest BCUT2D eigenvalue weighted by Crippen LogP contribution is -2.52. The van der Waals surface area contributed by atoms with E-state index in [4.69, 9.17) is 10.2 Å². The lowest BCUT2D eigenvalue weighted by molar-refractivity contribution is 0.0928. The summed E-state index contributed by atoms with van der Waals surface area (Å²) in [6, 6.07) is 3.97. The monoisotopic (exact) mass is 251 g/mol. The van der Waals surface area contributed by atoms with Gasteiger partial charge in [0.2, 0.25) is 0 Å². The minimum Gasteiger partial charge on any atom is -0.468 e. The summed E-state index contributed by atoms with van der Waals surface area (Å²) in [5, 5.41) is 0. The molecule has 0 bridgehead atoms. The summed E-state index contributed by atoms with van der Waals surface area (Å²) in [6.07, 6.45) is 5.26. The van der Waals surface area contributed by atoms with Gasteiger partial charge in [0.1, 0.15) is 5.76 Å². The number of nitrogens with zero attached hydrogens (tertiary/aromatic N) is 2.